The number of nitrogens with one attached hydrogen (secondary N) is 1. The van der Waals surface area contributed by atoms with Crippen LogP contribution in [0.2, 0.25) is 10.0 Å². The van der Waals surface area contributed by atoms with E-state index < -0.39 is 0 Å². The lowest BCUT2D eigenvalue weighted by Gasteiger charge is -2.17. The van der Waals surface area contributed by atoms with Crippen LogP contribution >= 0.6 is 23.2 Å². The quantitative estimate of drug-likeness (QED) is 0.843. The summed E-state index contributed by atoms with van der Waals surface area (Å²) in [6.45, 7) is 2.74. The predicted molar refractivity (Wildman–Crippen MR) is 87.7 cm³/mol. The molecule has 2 aromatic carbocycles. The van der Waals surface area contributed by atoms with Gasteiger partial charge in [0.05, 0.1) is 0 Å². The predicted octanol–water partition coefficient (Wildman–Crippen LogP) is 4.54. The molecule has 0 saturated carbocycles. The van der Waals surface area contributed by atoms with Crippen LogP contribution < -0.4 is 5.32 Å². The normalized spacial score (nSPS) is 10.8. The maximum absolute atomic E-state index is 5.95. The SMILES string of the molecule is CN(CCNc1cccc(Cl)c1)Cc1ccc(Cl)cc1. The van der Waals surface area contributed by atoms with E-state index in [1.54, 1.807) is 0 Å². The Balaban J connectivity index is 1.75. The number of anilines is 1. The van der Waals surface area contributed by atoms with E-state index in [4.69, 9.17) is 23.2 Å². The lowest BCUT2D eigenvalue weighted by Crippen LogP contribution is -2.24. The summed E-state index contributed by atoms with van der Waals surface area (Å²) >= 11 is 11.8. The molecule has 0 heterocycles. The zero-order chi connectivity index (χ0) is 14.4. The van der Waals surface area contributed by atoms with Gasteiger partial charge in [-0.1, -0.05) is 41.4 Å². The summed E-state index contributed by atoms with van der Waals surface area (Å²) < 4.78 is 0. The van der Waals surface area contributed by atoms with E-state index in [-0.39, 0.29) is 0 Å². The number of halogens is 2. The van der Waals surface area contributed by atoms with Crippen LogP contribution in [0.25, 0.3) is 0 Å². The van der Waals surface area contributed by atoms with Crippen molar-refractivity contribution in [3.63, 3.8) is 0 Å². The van der Waals surface area contributed by atoms with Crippen LogP contribution in [0.3, 0.4) is 0 Å². The molecule has 0 aliphatic carbocycles. The maximum Gasteiger partial charge on any atom is 0.0426 e. The Morgan fingerprint density at radius 1 is 1.00 bits per heavy atom. The molecule has 0 spiro atoms. The zero-order valence-electron chi connectivity index (χ0n) is 11.4. The summed E-state index contributed by atoms with van der Waals surface area (Å²) in [4.78, 5) is 2.26. The highest BCUT2D eigenvalue weighted by Gasteiger charge is 2.00. The molecule has 0 aliphatic rings. The molecule has 20 heavy (non-hydrogen) atoms. The van der Waals surface area contributed by atoms with Gasteiger partial charge in [0.25, 0.3) is 0 Å². The van der Waals surface area contributed by atoms with Gasteiger partial charge in [-0.25, -0.2) is 0 Å². The number of likely N-dealkylation sites (N-methyl/N-ethyl adjacent to an activating group) is 1. The molecule has 0 saturated heterocycles. The molecule has 0 bridgehead atoms. The average Bonchev–Trinajstić information content (AvgIpc) is 2.41. The van der Waals surface area contributed by atoms with E-state index in [0.29, 0.717) is 0 Å². The molecule has 0 atom stereocenters. The fourth-order valence-electron chi connectivity index (χ4n) is 1.97. The Hall–Kier alpha value is -1.22. The second-order valence-electron chi connectivity index (χ2n) is 4.80. The number of nitrogens with zero attached hydrogens (tertiary/aromatic N) is 1. The van der Waals surface area contributed by atoms with Crippen molar-refractivity contribution in [2.24, 2.45) is 0 Å². The first kappa shape index (κ1) is 15.2. The Labute approximate surface area is 130 Å². The summed E-state index contributed by atoms with van der Waals surface area (Å²) in [5.74, 6) is 0. The standard InChI is InChI=1S/C16H18Cl2N2/c1-20(12-13-5-7-14(17)8-6-13)10-9-19-16-4-2-3-15(18)11-16/h2-8,11,19H,9-10,12H2,1H3. The summed E-state index contributed by atoms with van der Waals surface area (Å²) in [6, 6.07) is 15.7. The van der Waals surface area contributed by atoms with Crippen molar-refractivity contribution in [2.45, 2.75) is 6.54 Å². The first-order chi connectivity index (χ1) is 9.63. The monoisotopic (exact) mass is 308 g/mol. The molecule has 2 rings (SSSR count). The molecule has 0 amide bonds. The second-order valence-corrected chi connectivity index (χ2v) is 5.67. The van der Waals surface area contributed by atoms with Gasteiger partial charge in [0.1, 0.15) is 0 Å². The van der Waals surface area contributed by atoms with Crippen molar-refractivity contribution in [3.05, 3.63) is 64.1 Å². The third-order valence-corrected chi connectivity index (χ3v) is 3.50. The summed E-state index contributed by atoms with van der Waals surface area (Å²) in [7, 11) is 2.11. The lowest BCUT2D eigenvalue weighted by molar-refractivity contribution is 0.340. The molecular formula is C16H18Cl2N2. The van der Waals surface area contributed by atoms with E-state index in [0.717, 1.165) is 35.4 Å². The minimum Gasteiger partial charge on any atom is -0.384 e. The van der Waals surface area contributed by atoms with Crippen molar-refractivity contribution >= 4 is 28.9 Å². The van der Waals surface area contributed by atoms with E-state index in [9.17, 15) is 0 Å². The van der Waals surface area contributed by atoms with Crippen molar-refractivity contribution in [3.8, 4) is 0 Å². The molecule has 106 valence electrons. The van der Waals surface area contributed by atoms with Gasteiger partial charge in [0.2, 0.25) is 0 Å². The van der Waals surface area contributed by atoms with Crippen LogP contribution in [0, 0.1) is 0 Å². The topological polar surface area (TPSA) is 15.3 Å². The molecular weight excluding hydrogens is 291 g/mol. The smallest absolute Gasteiger partial charge is 0.0426 e. The molecule has 0 radical (unpaired) electrons. The molecule has 0 unspecified atom stereocenters. The van der Waals surface area contributed by atoms with Crippen molar-refractivity contribution < 1.29 is 0 Å². The van der Waals surface area contributed by atoms with Gasteiger partial charge in [-0.3, -0.25) is 0 Å². The number of rotatable bonds is 6. The van der Waals surface area contributed by atoms with Crippen LogP contribution in [0.5, 0.6) is 0 Å². The Morgan fingerprint density at radius 3 is 2.45 bits per heavy atom. The van der Waals surface area contributed by atoms with Gasteiger partial charge in [-0.2, -0.15) is 0 Å². The highest BCUT2D eigenvalue weighted by atomic mass is 35.5. The molecule has 2 aromatic rings. The molecule has 4 heteroatoms. The van der Waals surface area contributed by atoms with Crippen LogP contribution in [-0.4, -0.2) is 25.0 Å². The Bertz CT molecular complexity index is 540. The van der Waals surface area contributed by atoms with Gasteiger partial charge in [0, 0.05) is 35.4 Å². The van der Waals surface area contributed by atoms with E-state index in [1.165, 1.54) is 5.56 Å². The van der Waals surface area contributed by atoms with Gasteiger partial charge in [-0.15, -0.1) is 0 Å². The average molecular weight is 309 g/mol. The minimum atomic E-state index is 0.754. The number of benzene rings is 2. The lowest BCUT2D eigenvalue weighted by atomic mass is 10.2. The number of hydrogen-bond acceptors (Lipinski definition) is 2. The zero-order valence-corrected chi connectivity index (χ0v) is 13.0. The van der Waals surface area contributed by atoms with Crippen molar-refractivity contribution in [1.29, 1.82) is 0 Å². The maximum atomic E-state index is 5.95. The van der Waals surface area contributed by atoms with Gasteiger partial charge in [-0.05, 0) is 42.9 Å². The third kappa shape index (κ3) is 5.04. The van der Waals surface area contributed by atoms with Crippen LogP contribution in [0.15, 0.2) is 48.5 Å². The van der Waals surface area contributed by atoms with Crippen molar-refractivity contribution in [1.82, 2.24) is 4.90 Å². The highest BCUT2D eigenvalue weighted by Crippen LogP contribution is 2.14. The Kier molecular flexibility index (Phi) is 5.72. The highest BCUT2D eigenvalue weighted by molar-refractivity contribution is 6.31. The fourth-order valence-corrected chi connectivity index (χ4v) is 2.29. The minimum absolute atomic E-state index is 0.754. The fraction of sp³-hybridized carbons (Fsp3) is 0.250. The van der Waals surface area contributed by atoms with Crippen molar-refractivity contribution in [2.75, 3.05) is 25.5 Å². The molecule has 0 fully saturated rings. The first-order valence-electron chi connectivity index (χ1n) is 6.56. The molecule has 1 N–H and O–H groups in total. The molecule has 0 aromatic heterocycles. The van der Waals surface area contributed by atoms with Crippen LogP contribution in [-0.2, 0) is 6.54 Å². The summed E-state index contributed by atoms with van der Waals surface area (Å²) in [5.41, 5.74) is 2.32. The van der Waals surface area contributed by atoms with Crippen LogP contribution in [0.1, 0.15) is 5.56 Å². The summed E-state index contributed by atoms with van der Waals surface area (Å²) in [5, 5.41) is 4.90. The third-order valence-electron chi connectivity index (χ3n) is 3.01. The van der Waals surface area contributed by atoms with E-state index >= 15 is 0 Å². The summed E-state index contributed by atoms with van der Waals surface area (Å²) in [6.07, 6.45) is 0. The second kappa shape index (κ2) is 7.53. The molecule has 2 nitrogen and oxygen atoms in total. The molecule has 0 aliphatic heterocycles. The van der Waals surface area contributed by atoms with E-state index in [1.807, 2.05) is 36.4 Å². The largest absolute Gasteiger partial charge is 0.384 e. The first-order valence-corrected chi connectivity index (χ1v) is 7.31. The van der Waals surface area contributed by atoms with Gasteiger partial charge >= 0.3 is 0 Å². The Morgan fingerprint density at radius 2 is 1.75 bits per heavy atom. The number of hydrogen-bond donors (Lipinski definition) is 1. The van der Waals surface area contributed by atoms with E-state index in [2.05, 4.69) is 29.4 Å². The van der Waals surface area contributed by atoms with Gasteiger partial charge < -0.3 is 10.2 Å². The van der Waals surface area contributed by atoms with Gasteiger partial charge in [0.15, 0.2) is 0 Å². The van der Waals surface area contributed by atoms with Crippen LogP contribution in [0.4, 0.5) is 5.69 Å².